The number of likely N-dealkylation sites (tertiary alicyclic amines) is 1. The highest BCUT2D eigenvalue weighted by Gasteiger charge is 2.27. The number of nitrogens with one attached hydrogen (secondary N) is 2. The molecule has 5 nitrogen and oxygen atoms in total. The highest BCUT2D eigenvalue weighted by Crippen LogP contribution is 2.19. The van der Waals surface area contributed by atoms with Gasteiger partial charge in [0.05, 0.1) is 6.26 Å². The molecule has 1 fully saturated rings. The lowest BCUT2D eigenvalue weighted by Gasteiger charge is -2.37. The first kappa shape index (κ1) is 17.9. The lowest BCUT2D eigenvalue weighted by Crippen LogP contribution is -2.53. The molecule has 6 heteroatoms. The molecular formula is C14H31N3O2S. The van der Waals surface area contributed by atoms with Gasteiger partial charge in [-0.15, -0.1) is 0 Å². The molecule has 0 amide bonds. The van der Waals surface area contributed by atoms with Gasteiger partial charge in [-0.3, -0.25) is 0 Å². The van der Waals surface area contributed by atoms with Crippen LogP contribution >= 0.6 is 0 Å². The first-order chi connectivity index (χ1) is 9.13. The van der Waals surface area contributed by atoms with Crippen molar-refractivity contribution in [2.45, 2.75) is 52.1 Å². The van der Waals surface area contributed by atoms with E-state index < -0.39 is 15.6 Å². The minimum Gasteiger partial charge on any atom is -0.312 e. The van der Waals surface area contributed by atoms with E-state index in [9.17, 15) is 8.42 Å². The highest BCUT2D eigenvalue weighted by atomic mass is 32.2. The third-order valence-corrected chi connectivity index (χ3v) is 4.95. The van der Waals surface area contributed by atoms with Crippen LogP contribution in [-0.4, -0.2) is 57.3 Å². The zero-order valence-electron chi connectivity index (χ0n) is 13.6. The van der Waals surface area contributed by atoms with E-state index in [2.05, 4.69) is 28.8 Å². The Morgan fingerprint density at radius 2 is 2.05 bits per heavy atom. The van der Waals surface area contributed by atoms with Crippen LogP contribution in [0.5, 0.6) is 0 Å². The Morgan fingerprint density at radius 1 is 1.40 bits per heavy atom. The van der Waals surface area contributed by atoms with E-state index in [1.165, 1.54) is 25.6 Å². The Kier molecular flexibility index (Phi) is 6.44. The molecule has 1 saturated heterocycles. The van der Waals surface area contributed by atoms with Gasteiger partial charge in [-0.25, -0.2) is 13.1 Å². The van der Waals surface area contributed by atoms with Crippen LogP contribution in [0.4, 0.5) is 0 Å². The number of sulfonamides is 1. The summed E-state index contributed by atoms with van der Waals surface area (Å²) >= 11 is 0. The van der Waals surface area contributed by atoms with E-state index >= 15 is 0 Å². The van der Waals surface area contributed by atoms with Crippen LogP contribution in [-0.2, 0) is 10.0 Å². The van der Waals surface area contributed by atoms with Gasteiger partial charge < -0.3 is 10.2 Å². The van der Waals surface area contributed by atoms with E-state index in [1.54, 1.807) is 0 Å². The molecule has 0 saturated carbocycles. The van der Waals surface area contributed by atoms with Crippen molar-refractivity contribution in [3.8, 4) is 0 Å². The molecule has 1 heterocycles. The molecule has 0 aromatic heterocycles. The fourth-order valence-electron chi connectivity index (χ4n) is 2.91. The van der Waals surface area contributed by atoms with Crippen molar-refractivity contribution in [1.82, 2.24) is 14.9 Å². The van der Waals surface area contributed by atoms with Crippen LogP contribution in [0.1, 0.15) is 40.5 Å². The van der Waals surface area contributed by atoms with Crippen LogP contribution in [0.2, 0.25) is 0 Å². The average molecular weight is 305 g/mol. The number of hydrogen-bond acceptors (Lipinski definition) is 4. The molecule has 0 radical (unpaired) electrons. The van der Waals surface area contributed by atoms with Gasteiger partial charge in [-0.05, 0) is 52.6 Å². The van der Waals surface area contributed by atoms with Gasteiger partial charge in [0, 0.05) is 24.7 Å². The average Bonchev–Trinajstić information content (AvgIpc) is 2.33. The third kappa shape index (κ3) is 6.52. The Hall–Kier alpha value is -0.170. The van der Waals surface area contributed by atoms with Crippen LogP contribution < -0.4 is 10.0 Å². The standard InChI is InChI=1S/C14H31N3O2S/c1-6-17-9-7-8-13(10-17)12(2)15-11-14(3,4)16-20(5,18)19/h12-13,15-16H,6-11H2,1-5H3. The Labute approximate surface area is 124 Å². The van der Waals surface area contributed by atoms with E-state index in [0.29, 0.717) is 18.5 Å². The lowest BCUT2D eigenvalue weighted by molar-refractivity contribution is 0.154. The van der Waals surface area contributed by atoms with Crippen molar-refractivity contribution in [2.75, 3.05) is 32.4 Å². The van der Waals surface area contributed by atoms with Crippen LogP contribution in [0, 0.1) is 5.92 Å². The quantitative estimate of drug-likeness (QED) is 0.737. The molecule has 20 heavy (non-hydrogen) atoms. The maximum atomic E-state index is 11.3. The highest BCUT2D eigenvalue weighted by molar-refractivity contribution is 7.88. The van der Waals surface area contributed by atoms with E-state index in [0.717, 1.165) is 13.1 Å². The molecule has 120 valence electrons. The molecule has 0 spiro atoms. The Bertz CT molecular complexity index is 395. The van der Waals surface area contributed by atoms with Gasteiger partial charge in [0.15, 0.2) is 0 Å². The molecule has 1 aliphatic heterocycles. The molecule has 2 atom stereocenters. The van der Waals surface area contributed by atoms with Gasteiger partial charge in [0.1, 0.15) is 0 Å². The summed E-state index contributed by atoms with van der Waals surface area (Å²) in [5.74, 6) is 0.651. The molecular weight excluding hydrogens is 274 g/mol. The zero-order valence-corrected chi connectivity index (χ0v) is 14.4. The second kappa shape index (κ2) is 7.20. The normalized spacial score (nSPS) is 23.8. The molecule has 0 aromatic rings. The number of piperidine rings is 1. The molecule has 1 rings (SSSR count). The van der Waals surface area contributed by atoms with Crippen molar-refractivity contribution >= 4 is 10.0 Å². The molecule has 0 bridgehead atoms. The first-order valence-electron chi connectivity index (χ1n) is 7.57. The number of nitrogens with zero attached hydrogens (tertiary/aromatic N) is 1. The summed E-state index contributed by atoms with van der Waals surface area (Å²) in [5.41, 5.74) is -0.457. The Balaban J connectivity index is 2.44. The van der Waals surface area contributed by atoms with E-state index in [4.69, 9.17) is 0 Å². The van der Waals surface area contributed by atoms with Gasteiger partial charge in [-0.1, -0.05) is 6.92 Å². The summed E-state index contributed by atoms with van der Waals surface area (Å²) in [7, 11) is -3.17. The van der Waals surface area contributed by atoms with Gasteiger partial charge in [0.2, 0.25) is 10.0 Å². The molecule has 2 unspecified atom stereocenters. The second-order valence-electron chi connectivity index (χ2n) is 6.72. The van der Waals surface area contributed by atoms with Gasteiger partial charge in [-0.2, -0.15) is 0 Å². The smallest absolute Gasteiger partial charge is 0.209 e. The van der Waals surface area contributed by atoms with Crippen molar-refractivity contribution in [3.63, 3.8) is 0 Å². The zero-order chi connectivity index (χ0) is 15.4. The van der Waals surface area contributed by atoms with Gasteiger partial charge >= 0.3 is 0 Å². The van der Waals surface area contributed by atoms with Crippen LogP contribution in [0.3, 0.4) is 0 Å². The predicted octanol–water partition coefficient (Wildman–Crippen LogP) is 1.02. The van der Waals surface area contributed by atoms with Crippen molar-refractivity contribution < 1.29 is 8.42 Å². The minimum atomic E-state index is -3.17. The predicted molar refractivity (Wildman–Crippen MR) is 84.4 cm³/mol. The summed E-state index contributed by atoms with van der Waals surface area (Å²) in [6, 6.07) is 0.407. The SMILES string of the molecule is CCN1CCCC(C(C)NCC(C)(C)NS(C)(=O)=O)C1. The van der Waals surface area contributed by atoms with E-state index in [1.807, 2.05) is 13.8 Å². The van der Waals surface area contributed by atoms with Crippen molar-refractivity contribution in [2.24, 2.45) is 5.92 Å². The summed E-state index contributed by atoms with van der Waals surface area (Å²) in [4.78, 5) is 2.49. The third-order valence-electron chi connectivity index (χ3n) is 4.02. The van der Waals surface area contributed by atoms with E-state index in [-0.39, 0.29) is 0 Å². The lowest BCUT2D eigenvalue weighted by atomic mass is 9.91. The van der Waals surface area contributed by atoms with Crippen LogP contribution in [0.25, 0.3) is 0 Å². The summed E-state index contributed by atoms with van der Waals surface area (Å²) in [6.45, 7) is 12.3. The second-order valence-corrected chi connectivity index (χ2v) is 8.47. The minimum absolute atomic E-state index is 0.407. The Morgan fingerprint density at radius 3 is 2.60 bits per heavy atom. The molecule has 0 aliphatic carbocycles. The summed E-state index contributed by atoms with van der Waals surface area (Å²) in [5, 5.41) is 3.51. The van der Waals surface area contributed by atoms with Crippen molar-refractivity contribution in [3.05, 3.63) is 0 Å². The summed E-state index contributed by atoms with van der Waals surface area (Å²) in [6.07, 6.45) is 3.72. The maximum absolute atomic E-state index is 11.3. The molecule has 0 aromatic carbocycles. The largest absolute Gasteiger partial charge is 0.312 e. The summed E-state index contributed by atoms with van der Waals surface area (Å²) < 4.78 is 25.3. The first-order valence-corrected chi connectivity index (χ1v) is 9.47. The number of hydrogen-bond donors (Lipinski definition) is 2. The number of rotatable bonds is 7. The molecule has 1 aliphatic rings. The fraction of sp³-hybridized carbons (Fsp3) is 1.00. The molecule has 2 N–H and O–H groups in total. The van der Waals surface area contributed by atoms with Crippen LogP contribution in [0.15, 0.2) is 0 Å². The topological polar surface area (TPSA) is 61.4 Å². The van der Waals surface area contributed by atoms with Gasteiger partial charge in [0.25, 0.3) is 0 Å². The monoisotopic (exact) mass is 305 g/mol. The maximum Gasteiger partial charge on any atom is 0.209 e. The fourth-order valence-corrected chi connectivity index (χ4v) is 3.98. The van der Waals surface area contributed by atoms with Crippen molar-refractivity contribution in [1.29, 1.82) is 0 Å².